The Kier molecular flexibility index (Phi) is 4.01. The summed E-state index contributed by atoms with van der Waals surface area (Å²) < 4.78 is 2.22. The molecule has 3 rings (SSSR count). The monoisotopic (exact) mass is 323 g/mol. The average molecular weight is 323 g/mol. The van der Waals surface area contributed by atoms with Crippen molar-refractivity contribution < 1.29 is 9.59 Å². The number of benzene rings is 1. The number of rotatable bonds is 3. The van der Waals surface area contributed by atoms with Gasteiger partial charge in [-0.2, -0.15) is 0 Å². The fraction of sp³-hybridized carbons (Fsp3) is 0.263. The fourth-order valence-corrected chi connectivity index (χ4v) is 3.24. The largest absolute Gasteiger partial charge is 0.326 e. The Balaban J connectivity index is 2.14. The molecule has 1 aromatic carbocycles. The number of urea groups is 1. The molecule has 0 atom stereocenters. The molecule has 24 heavy (non-hydrogen) atoms. The number of nitrogens with one attached hydrogen (secondary N) is 2. The lowest BCUT2D eigenvalue weighted by Crippen LogP contribution is -2.22. The number of carbonyl (C=O) groups excluding carboxylic acids is 2. The van der Waals surface area contributed by atoms with Crippen LogP contribution in [-0.2, 0) is 11.2 Å². The van der Waals surface area contributed by atoms with Gasteiger partial charge in [-0.25, -0.2) is 4.79 Å². The molecule has 0 aliphatic carbocycles. The summed E-state index contributed by atoms with van der Waals surface area (Å²) in [7, 11) is 0. The van der Waals surface area contributed by atoms with E-state index in [1.54, 1.807) is 6.08 Å². The zero-order valence-electron chi connectivity index (χ0n) is 14.4. The molecular formula is C19H21N3O2. The number of imide groups is 1. The molecule has 0 saturated carbocycles. The second-order valence-electron chi connectivity index (χ2n) is 6.06. The highest BCUT2D eigenvalue weighted by molar-refractivity contribution is 6.14. The maximum atomic E-state index is 11.7. The van der Waals surface area contributed by atoms with E-state index in [-0.39, 0.29) is 5.70 Å². The van der Waals surface area contributed by atoms with Crippen LogP contribution in [0, 0.1) is 20.8 Å². The van der Waals surface area contributed by atoms with E-state index in [2.05, 4.69) is 47.2 Å². The van der Waals surface area contributed by atoms with E-state index < -0.39 is 11.9 Å². The number of carbonyl (C=O) groups is 2. The molecule has 2 N–H and O–H groups in total. The molecule has 2 aromatic rings. The van der Waals surface area contributed by atoms with Crippen LogP contribution in [0.15, 0.2) is 30.0 Å². The first-order chi connectivity index (χ1) is 11.4. The quantitative estimate of drug-likeness (QED) is 0.673. The number of para-hydroxylation sites is 1. The van der Waals surface area contributed by atoms with Gasteiger partial charge in [0.2, 0.25) is 0 Å². The fourth-order valence-electron chi connectivity index (χ4n) is 3.24. The van der Waals surface area contributed by atoms with Gasteiger partial charge in [0.05, 0.1) is 5.69 Å². The molecule has 5 nitrogen and oxygen atoms in total. The van der Waals surface area contributed by atoms with Crippen molar-refractivity contribution >= 4 is 18.0 Å². The molecular weight excluding hydrogens is 302 g/mol. The van der Waals surface area contributed by atoms with Gasteiger partial charge in [-0.1, -0.05) is 25.1 Å². The van der Waals surface area contributed by atoms with Gasteiger partial charge in [-0.15, -0.1) is 0 Å². The number of aryl methyl sites for hydroxylation is 3. The lowest BCUT2D eigenvalue weighted by Gasteiger charge is -2.17. The lowest BCUT2D eigenvalue weighted by molar-refractivity contribution is -0.115. The maximum Gasteiger partial charge on any atom is 0.326 e. The number of hydrogen-bond donors (Lipinski definition) is 2. The van der Waals surface area contributed by atoms with Gasteiger partial charge < -0.3 is 9.88 Å². The van der Waals surface area contributed by atoms with Gasteiger partial charge in [0.1, 0.15) is 5.70 Å². The molecule has 3 amide bonds. The normalized spacial score (nSPS) is 15.8. The van der Waals surface area contributed by atoms with Crippen LogP contribution in [0.1, 0.15) is 35.0 Å². The van der Waals surface area contributed by atoms with Crippen LogP contribution in [0.2, 0.25) is 0 Å². The smallest absolute Gasteiger partial charge is 0.317 e. The van der Waals surface area contributed by atoms with Crippen LogP contribution in [0.3, 0.4) is 0 Å². The minimum Gasteiger partial charge on any atom is -0.317 e. The first-order valence-electron chi connectivity index (χ1n) is 8.04. The van der Waals surface area contributed by atoms with Gasteiger partial charge in [-0.3, -0.25) is 10.1 Å². The van der Waals surface area contributed by atoms with Crippen molar-refractivity contribution in [1.82, 2.24) is 15.2 Å². The van der Waals surface area contributed by atoms with Crippen molar-refractivity contribution in [3.8, 4) is 5.69 Å². The Labute approximate surface area is 141 Å². The van der Waals surface area contributed by atoms with Crippen LogP contribution in [0.4, 0.5) is 4.79 Å². The lowest BCUT2D eigenvalue weighted by atomic mass is 10.1. The van der Waals surface area contributed by atoms with Crippen LogP contribution in [0.25, 0.3) is 11.8 Å². The number of nitrogens with zero attached hydrogens (tertiary/aromatic N) is 1. The van der Waals surface area contributed by atoms with Crippen molar-refractivity contribution in [2.45, 2.75) is 34.1 Å². The molecule has 0 radical (unpaired) electrons. The van der Waals surface area contributed by atoms with Crippen molar-refractivity contribution in [1.29, 1.82) is 0 Å². The van der Waals surface area contributed by atoms with E-state index in [1.165, 1.54) is 16.8 Å². The first-order valence-corrected chi connectivity index (χ1v) is 8.04. The third kappa shape index (κ3) is 2.62. The van der Waals surface area contributed by atoms with E-state index >= 15 is 0 Å². The van der Waals surface area contributed by atoms with Gasteiger partial charge in [0.25, 0.3) is 5.91 Å². The molecule has 1 aliphatic rings. The van der Waals surface area contributed by atoms with Crippen molar-refractivity contribution in [2.75, 3.05) is 0 Å². The summed E-state index contributed by atoms with van der Waals surface area (Å²) in [5.41, 5.74) is 7.02. The number of aromatic nitrogens is 1. The van der Waals surface area contributed by atoms with Crippen molar-refractivity contribution in [3.05, 3.63) is 58.0 Å². The van der Waals surface area contributed by atoms with E-state index in [0.717, 1.165) is 23.4 Å². The molecule has 124 valence electrons. The molecule has 1 aromatic heterocycles. The topological polar surface area (TPSA) is 63.1 Å². The highest BCUT2D eigenvalue weighted by Crippen LogP contribution is 2.27. The predicted octanol–water partition coefficient (Wildman–Crippen LogP) is 3.15. The zero-order chi connectivity index (χ0) is 17.4. The van der Waals surface area contributed by atoms with Gasteiger partial charge in [-0.05, 0) is 56.0 Å². The Morgan fingerprint density at radius 2 is 1.88 bits per heavy atom. The average Bonchev–Trinajstić information content (AvgIpc) is 2.99. The molecule has 1 saturated heterocycles. The van der Waals surface area contributed by atoms with Gasteiger partial charge >= 0.3 is 6.03 Å². The summed E-state index contributed by atoms with van der Waals surface area (Å²) in [5.74, 6) is -0.394. The Morgan fingerprint density at radius 1 is 1.12 bits per heavy atom. The van der Waals surface area contributed by atoms with Crippen molar-refractivity contribution in [3.63, 3.8) is 0 Å². The third-order valence-electron chi connectivity index (χ3n) is 4.42. The highest BCUT2D eigenvalue weighted by atomic mass is 16.2. The Hall–Kier alpha value is -2.82. The van der Waals surface area contributed by atoms with E-state index in [9.17, 15) is 9.59 Å². The zero-order valence-corrected chi connectivity index (χ0v) is 14.4. The van der Waals surface area contributed by atoms with Gasteiger partial charge in [0, 0.05) is 11.4 Å². The highest BCUT2D eigenvalue weighted by Gasteiger charge is 2.24. The van der Waals surface area contributed by atoms with E-state index in [0.29, 0.717) is 0 Å². The summed E-state index contributed by atoms with van der Waals surface area (Å²) >= 11 is 0. The van der Waals surface area contributed by atoms with Crippen LogP contribution in [-0.4, -0.2) is 16.5 Å². The molecule has 0 bridgehead atoms. The second kappa shape index (κ2) is 6.00. The third-order valence-corrected chi connectivity index (χ3v) is 4.42. The number of hydrogen-bond acceptors (Lipinski definition) is 2. The second-order valence-corrected chi connectivity index (χ2v) is 6.06. The summed E-state index contributed by atoms with van der Waals surface area (Å²) in [5, 5.41) is 4.76. The summed E-state index contributed by atoms with van der Waals surface area (Å²) in [6, 6.07) is 7.88. The number of amides is 3. The Morgan fingerprint density at radius 3 is 2.50 bits per heavy atom. The summed E-state index contributed by atoms with van der Waals surface area (Å²) in [6.07, 6.45) is 2.67. The molecule has 0 spiro atoms. The van der Waals surface area contributed by atoms with Gasteiger partial charge in [0.15, 0.2) is 0 Å². The molecule has 1 fully saturated rings. The molecule has 5 heteroatoms. The van der Waals surface area contributed by atoms with Crippen LogP contribution < -0.4 is 10.6 Å². The van der Waals surface area contributed by atoms with Crippen molar-refractivity contribution in [2.24, 2.45) is 0 Å². The van der Waals surface area contributed by atoms with E-state index in [4.69, 9.17) is 0 Å². The Bertz CT molecular complexity index is 875. The van der Waals surface area contributed by atoms with E-state index in [1.807, 2.05) is 19.9 Å². The van der Waals surface area contributed by atoms with Crippen LogP contribution >= 0.6 is 0 Å². The van der Waals surface area contributed by atoms with Crippen LogP contribution in [0.5, 0.6) is 0 Å². The molecule has 0 unspecified atom stereocenters. The summed E-state index contributed by atoms with van der Waals surface area (Å²) in [4.78, 5) is 23.0. The minimum atomic E-state index is -0.479. The predicted molar refractivity (Wildman–Crippen MR) is 94.0 cm³/mol. The summed E-state index contributed by atoms with van der Waals surface area (Å²) in [6.45, 7) is 8.33. The molecule has 2 heterocycles. The standard InChI is InChI=1S/C19H21N3O2/c1-5-14-8-6-7-11(2)17(14)22-12(3)9-15(13(22)4)10-16-18(23)21-19(24)20-16/h6-10H,5H2,1-4H3,(H2,20,21,23,24)/b16-10+. The minimum absolute atomic E-state index is 0.278. The first kappa shape index (κ1) is 16.1. The molecule has 1 aliphatic heterocycles. The maximum absolute atomic E-state index is 11.7. The SMILES string of the molecule is CCc1cccc(C)c1-n1c(C)cc(/C=C2/NC(=O)NC2=O)c1C.